The van der Waals surface area contributed by atoms with Crippen molar-refractivity contribution in [1.82, 2.24) is 4.98 Å². The van der Waals surface area contributed by atoms with Gasteiger partial charge >= 0.3 is 5.97 Å². The van der Waals surface area contributed by atoms with Gasteiger partial charge in [0.05, 0.1) is 17.9 Å². The number of carboxylic acid groups (broad SMARTS) is 1. The average Bonchev–Trinajstić information content (AvgIpc) is 2.89. The average molecular weight is 463 g/mol. The highest BCUT2D eigenvalue weighted by atomic mass is 16.8. The van der Waals surface area contributed by atoms with Gasteiger partial charge in [0.2, 0.25) is 6.29 Å². The summed E-state index contributed by atoms with van der Waals surface area (Å²) in [5.41, 5.74) is 1.91. The quantitative estimate of drug-likeness (QED) is 0.345. The Hall–Kier alpha value is -3.91. The molecular formula is C26H26N2O6. The van der Waals surface area contributed by atoms with Gasteiger partial charge in [0.1, 0.15) is 30.4 Å². The van der Waals surface area contributed by atoms with Crippen LogP contribution in [0.5, 0.6) is 11.5 Å². The molecule has 3 aromatic rings. The van der Waals surface area contributed by atoms with Crippen LogP contribution in [0.2, 0.25) is 0 Å². The Kier molecular flexibility index (Phi) is 8.08. The number of carbonyl (C=O) groups is 1. The Morgan fingerprint density at radius 2 is 1.79 bits per heavy atom. The Bertz CT molecular complexity index is 1100. The summed E-state index contributed by atoms with van der Waals surface area (Å²) < 4.78 is 17.2. The van der Waals surface area contributed by atoms with E-state index in [0.717, 1.165) is 30.6 Å². The van der Waals surface area contributed by atoms with Gasteiger partial charge in [-0.05, 0) is 54.8 Å². The summed E-state index contributed by atoms with van der Waals surface area (Å²) in [5.74, 6) is 0.272. The molecule has 1 fully saturated rings. The van der Waals surface area contributed by atoms with Crippen molar-refractivity contribution < 1.29 is 28.9 Å². The first-order valence-corrected chi connectivity index (χ1v) is 11.1. The summed E-state index contributed by atoms with van der Waals surface area (Å²) in [6, 6.07) is 20.0. The molecule has 1 atom stereocenters. The number of rotatable bonds is 10. The van der Waals surface area contributed by atoms with E-state index < -0.39 is 12.3 Å². The normalized spacial score (nSPS) is 16.0. The summed E-state index contributed by atoms with van der Waals surface area (Å²) >= 11 is 0. The lowest BCUT2D eigenvalue weighted by Gasteiger charge is -2.20. The molecule has 1 aromatic heterocycles. The molecule has 1 aliphatic rings. The zero-order chi connectivity index (χ0) is 23.6. The molecule has 1 N–H and O–H groups in total. The van der Waals surface area contributed by atoms with Crippen molar-refractivity contribution in [2.24, 2.45) is 5.16 Å². The minimum Gasteiger partial charge on any atom is -0.489 e. The van der Waals surface area contributed by atoms with Gasteiger partial charge in [-0.25, -0.2) is 4.79 Å². The third-order valence-electron chi connectivity index (χ3n) is 5.17. The number of oxime groups is 1. The first-order valence-electron chi connectivity index (χ1n) is 11.1. The molecule has 34 heavy (non-hydrogen) atoms. The summed E-state index contributed by atoms with van der Waals surface area (Å²) in [4.78, 5) is 21.2. The van der Waals surface area contributed by atoms with Gasteiger partial charge in [0.15, 0.2) is 0 Å². The number of aromatic carboxylic acids is 1. The monoisotopic (exact) mass is 462 g/mol. The summed E-state index contributed by atoms with van der Waals surface area (Å²) in [7, 11) is 0. The van der Waals surface area contributed by atoms with Crippen LogP contribution < -0.4 is 9.47 Å². The second-order valence-electron chi connectivity index (χ2n) is 7.71. The number of carboxylic acids is 1. The lowest BCUT2D eigenvalue weighted by atomic mass is 10.2. The molecule has 1 saturated heterocycles. The third kappa shape index (κ3) is 6.79. The van der Waals surface area contributed by atoms with E-state index in [1.54, 1.807) is 12.1 Å². The lowest BCUT2D eigenvalue weighted by molar-refractivity contribution is -0.162. The van der Waals surface area contributed by atoms with Crippen molar-refractivity contribution in [2.45, 2.75) is 32.2 Å². The molecule has 0 amide bonds. The second-order valence-corrected chi connectivity index (χ2v) is 7.71. The Balaban J connectivity index is 1.41. The standard InChI is InChI=1S/C26H26N2O6/c29-26(30)20-13-14-27-23(16-20)24(28-34-25-8-4-5-15-31-25)18-33-22-11-9-21(10-12-22)32-17-19-6-2-1-3-7-19/h1-3,6-7,9-14,16,25H,4-5,8,15,17-18H2,(H,29,30)/b28-24+. The number of ether oxygens (including phenoxy) is 3. The molecule has 176 valence electrons. The summed E-state index contributed by atoms with van der Waals surface area (Å²) in [6.45, 7) is 1.13. The van der Waals surface area contributed by atoms with E-state index in [4.69, 9.17) is 19.0 Å². The Morgan fingerprint density at radius 1 is 1.03 bits per heavy atom. The summed E-state index contributed by atoms with van der Waals surface area (Å²) in [5, 5.41) is 13.5. The molecule has 0 saturated carbocycles. The van der Waals surface area contributed by atoms with E-state index in [9.17, 15) is 9.90 Å². The maximum atomic E-state index is 11.4. The maximum absolute atomic E-state index is 11.4. The molecule has 0 spiro atoms. The number of hydrogen-bond donors (Lipinski definition) is 1. The van der Waals surface area contributed by atoms with Gasteiger partial charge in [-0.3, -0.25) is 4.98 Å². The van der Waals surface area contributed by atoms with Crippen molar-refractivity contribution in [3.05, 3.63) is 89.7 Å². The van der Waals surface area contributed by atoms with E-state index in [2.05, 4.69) is 10.1 Å². The van der Waals surface area contributed by atoms with E-state index in [1.165, 1.54) is 18.3 Å². The van der Waals surface area contributed by atoms with Crippen LogP contribution in [0.1, 0.15) is 40.9 Å². The molecule has 2 aromatic carbocycles. The molecule has 4 rings (SSSR count). The van der Waals surface area contributed by atoms with Gasteiger partial charge in [0, 0.05) is 12.6 Å². The lowest BCUT2D eigenvalue weighted by Crippen LogP contribution is -2.22. The van der Waals surface area contributed by atoms with Crippen LogP contribution in [-0.4, -0.2) is 41.3 Å². The minimum absolute atomic E-state index is 0.0347. The maximum Gasteiger partial charge on any atom is 0.335 e. The number of pyridine rings is 1. The van der Waals surface area contributed by atoms with E-state index >= 15 is 0 Å². The predicted molar refractivity (Wildman–Crippen MR) is 125 cm³/mol. The second kappa shape index (κ2) is 11.8. The summed E-state index contributed by atoms with van der Waals surface area (Å²) in [6.07, 6.45) is 3.71. The fraction of sp³-hybridized carbons (Fsp3) is 0.269. The van der Waals surface area contributed by atoms with Crippen LogP contribution in [0.25, 0.3) is 0 Å². The van der Waals surface area contributed by atoms with E-state index in [-0.39, 0.29) is 12.2 Å². The first kappa shape index (κ1) is 23.3. The van der Waals surface area contributed by atoms with Gasteiger partial charge in [0.25, 0.3) is 0 Å². The van der Waals surface area contributed by atoms with Crippen molar-refractivity contribution in [3.8, 4) is 11.5 Å². The van der Waals surface area contributed by atoms with E-state index in [0.29, 0.717) is 30.4 Å². The van der Waals surface area contributed by atoms with Crippen molar-refractivity contribution >= 4 is 11.7 Å². The number of aromatic nitrogens is 1. The molecule has 1 aliphatic heterocycles. The third-order valence-corrected chi connectivity index (χ3v) is 5.17. The molecular weight excluding hydrogens is 436 g/mol. The fourth-order valence-electron chi connectivity index (χ4n) is 3.31. The largest absolute Gasteiger partial charge is 0.489 e. The number of hydrogen-bond acceptors (Lipinski definition) is 7. The van der Waals surface area contributed by atoms with Crippen LogP contribution in [0, 0.1) is 0 Å². The smallest absolute Gasteiger partial charge is 0.335 e. The van der Waals surface area contributed by atoms with Crippen LogP contribution in [0.15, 0.2) is 78.1 Å². The Morgan fingerprint density at radius 3 is 2.50 bits per heavy atom. The number of nitrogens with zero attached hydrogens (tertiary/aromatic N) is 2. The molecule has 8 heteroatoms. The highest BCUT2D eigenvalue weighted by Gasteiger charge is 2.17. The van der Waals surface area contributed by atoms with Crippen LogP contribution in [0.3, 0.4) is 0 Å². The van der Waals surface area contributed by atoms with Gasteiger partial charge in [-0.15, -0.1) is 0 Å². The molecule has 0 bridgehead atoms. The molecule has 2 heterocycles. The molecule has 1 unspecified atom stereocenters. The van der Waals surface area contributed by atoms with Crippen LogP contribution in [0.4, 0.5) is 0 Å². The van der Waals surface area contributed by atoms with E-state index in [1.807, 2.05) is 42.5 Å². The zero-order valence-corrected chi connectivity index (χ0v) is 18.6. The predicted octanol–water partition coefficient (Wildman–Crippen LogP) is 4.69. The topological polar surface area (TPSA) is 99.5 Å². The number of benzene rings is 2. The molecule has 0 aliphatic carbocycles. The fourth-order valence-corrected chi connectivity index (χ4v) is 3.31. The van der Waals surface area contributed by atoms with Gasteiger partial charge in [-0.1, -0.05) is 35.5 Å². The van der Waals surface area contributed by atoms with Crippen LogP contribution >= 0.6 is 0 Å². The highest BCUT2D eigenvalue weighted by Crippen LogP contribution is 2.20. The minimum atomic E-state index is -1.05. The first-order chi connectivity index (χ1) is 16.7. The van der Waals surface area contributed by atoms with Gasteiger partial charge in [-0.2, -0.15) is 0 Å². The zero-order valence-electron chi connectivity index (χ0n) is 18.6. The molecule has 8 nitrogen and oxygen atoms in total. The Labute approximate surface area is 197 Å². The molecule has 0 radical (unpaired) electrons. The van der Waals surface area contributed by atoms with Crippen LogP contribution in [-0.2, 0) is 16.2 Å². The van der Waals surface area contributed by atoms with Crippen molar-refractivity contribution in [3.63, 3.8) is 0 Å². The van der Waals surface area contributed by atoms with Crippen molar-refractivity contribution in [2.75, 3.05) is 13.2 Å². The van der Waals surface area contributed by atoms with Gasteiger partial charge < -0.3 is 24.2 Å². The highest BCUT2D eigenvalue weighted by molar-refractivity contribution is 6.01. The SMILES string of the molecule is O=C(O)c1ccnc(/C(COc2ccc(OCc3ccccc3)cc2)=N/OC2CCCCO2)c1. The van der Waals surface area contributed by atoms with Crippen molar-refractivity contribution in [1.29, 1.82) is 0 Å².